The smallest absolute Gasteiger partial charge is 0.258 e. The zero-order chi connectivity index (χ0) is 21.1. The van der Waals surface area contributed by atoms with Gasteiger partial charge in [0.25, 0.3) is 5.91 Å². The van der Waals surface area contributed by atoms with Crippen molar-refractivity contribution in [3.63, 3.8) is 0 Å². The van der Waals surface area contributed by atoms with Crippen LogP contribution in [0.4, 0.5) is 5.69 Å². The van der Waals surface area contributed by atoms with Gasteiger partial charge in [-0.25, -0.2) is 0 Å². The predicted octanol–water partition coefficient (Wildman–Crippen LogP) is 4.50. The zero-order valence-electron chi connectivity index (χ0n) is 16.2. The molecule has 2 aromatic carbocycles. The fourth-order valence-electron chi connectivity index (χ4n) is 4.18. The molecule has 0 radical (unpaired) electrons. The number of halogens is 2. The van der Waals surface area contributed by atoms with Crippen molar-refractivity contribution in [1.82, 2.24) is 10.6 Å². The first-order valence-electron chi connectivity index (χ1n) is 9.96. The molecule has 4 atom stereocenters. The highest BCUT2D eigenvalue weighted by Crippen LogP contribution is 2.55. The third-order valence-electron chi connectivity index (χ3n) is 5.73. The highest BCUT2D eigenvalue weighted by Gasteiger charge is 2.54. The number of fused-ring (bicyclic) bond motifs is 1. The molecule has 0 spiro atoms. The summed E-state index contributed by atoms with van der Waals surface area (Å²) in [5.74, 6) is 2.26. The van der Waals surface area contributed by atoms with E-state index in [0.717, 1.165) is 25.1 Å². The van der Waals surface area contributed by atoms with E-state index < -0.39 is 0 Å². The molecule has 0 heterocycles. The van der Waals surface area contributed by atoms with Crippen molar-refractivity contribution in [1.29, 1.82) is 0 Å². The van der Waals surface area contributed by atoms with Crippen molar-refractivity contribution in [2.45, 2.75) is 18.9 Å². The molecule has 4 unspecified atom stereocenters. The van der Waals surface area contributed by atoms with Gasteiger partial charge in [-0.1, -0.05) is 23.2 Å². The first-order chi connectivity index (χ1) is 14.5. The van der Waals surface area contributed by atoms with Gasteiger partial charge in [-0.05, 0) is 91.3 Å². The third-order valence-corrected chi connectivity index (χ3v) is 6.48. The van der Waals surface area contributed by atoms with Crippen molar-refractivity contribution < 1.29 is 9.53 Å². The molecule has 158 valence electrons. The van der Waals surface area contributed by atoms with Crippen molar-refractivity contribution in [2.24, 2.45) is 17.8 Å². The van der Waals surface area contributed by atoms with Gasteiger partial charge in [-0.2, -0.15) is 0 Å². The van der Waals surface area contributed by atoms with Crippen LogP contribution in [0.2, 0.25) is 10.0 Å². The van der Waals surface area contributed by atoms with Gasteiger partial charge >= 0.3 is 0 Å². The van der Waals surface area contributed by atoms with Crippen LogP contribution in [0.1, 0.15) is 12.8 Å². The second-order valence-corrected chi connectivity index (χ2v) is 9.10. The van der Waals surface area contributed by atoms with Gasteiger partial charge in [0.1, 0.15) is 5.75 Å². The quantitative estimate of drug-likeness (QED) is 0.527. The monoisotopic (exact) mass is 463 g/mol. The Labute approximate surface area is 191 Å². The molecular formula is C22H23Cl2N3O2S. The van der Waals surface area contributed by atoms with Crippen molar-refractivity contribution in [2.75, 3.05) is 18.5 Å². The standard InChI is InChI=1S/C22H23Cl2N3O2S/c23-14-1-5-16(6-2-14)26-22(30)25-11-13-9-20(19-10-18(13)19)27-21(28)12-29-17-7-3-15(24)4-8-17/h1-8,13,18-20H,9-12H2,(H,27,28)(H2,25,26,30). The maximum atomic E-state index is 12.3. The van der Waals surface area contributed by atoms with Crippen LogP contribution in [0.5, 0.6) is 5.75 Å². The fourth-order valence-corrected chi connectivity index (χ4v) is 4.63. The third kappa shape index (κ3) is 5.56. The Morgan fingerprint density at radius 1 is 1.00 bits per heavy atom. The zero-order valence-corrected chi connectivity index (χ0v) is 18.6. The number of benzene rings is 2. The summed E-state index contributed by atoms with van der Waals surface area (Å²) in [6.07, 6.45) is 2.12. The number of rotatable bonds is 7. The van der Waals surface area contributed by atoms with E-state index in [4.69, 9.17) is 40.2 Å². The summed E-state index contributed by atoms with van der Waals surface area (Å²) in [5, 5.41) is 11.5. The van der Waals surface area contributed by atoms with Gasteiger partial charge in [0.05, 0.1) is 0 Å². The first kappa shape index (κ1) is 21.2. The summed E-state index contributed by atoms with van der Waals surface area (Å²) in [5.41, 5.74) is 0.901. The van der Waals surface area contributed by atoms with Gasteiger partial charge in [0.2, 0.25) is 0 Å². The molecule has 2 fully saturated rings. The van der Waals surface area contributed by atoms with E-state index in [0.29, 0.717) is 38.7 Å². The number of nitrogens with one attached hydrogen (secondary N) is 3. The Balaban J connectivity index is 1.18. The number of ether oxygens (including phenoxy) is 1. The summed E-state index contributed by atoms with van der Waals surface area (Å²) in [6, 6.07) is 14.6. The maximum Gasteiger partial charge on any atom is 0.258 e. The van der Waals surface area contributed by atoms with Crippen LogP contribution in [0.15, 0.2) is 48.5 Å². The molecule has 2 saturated carbocycles. The van der Waals surface area contributed by atoms with Crippen LogP contribution in [-0.4, -0.2) is 30.2 Å². The number of anilines is 1. The van der Waals surface area contributed by atoms with Crippen LogP contribution >= 0.6 is 35.4 Å². The lowest BCUT2D eigenvalue weighted by Gasteiger charge is -2.19. The largest absolute Gasteiger partial charge is 0.484 e. The minimum atomic E-state index is -0.0888. The lowest BCUT2D eigenvalue weighted by Crippen LogP contribution is -2.39. The molecule has 2 aromatic rings. The van der Waals surface area contributed by atoms with E-state index in [1.165, 1.54) is 0 Å². The molecule has 30 heavy (non-hydrogen) atoms. The molecule has 0 bridgehead atoms. The van der Waals surface area contributed by atoms with E-state index in [9.17, 15) is 4.79 Å². The predicted molar refractivity (Wildman–Crippen MR) is 124 cm³/mol. The number of carbonyl (C=O) groups is 1. The second kappa shape index (κ2) is 9.41. The lowest BCUT2D eigenvalue weighted by molar-refractivity contribution is -0.123. The van der Waals surface area contributed by atoms with Crippen LogP contribution in [0.3, 0.4) is 0 Å². The van der Waals surface area contributed by atoms with Crippen LogP contribution < -0.4 is 20.7 Å². The molecule has 3 N–H and O–H groups in total. The second-order valence-electron chi connectivity index (χ2n) is 7.82. The average Bonchev–Trinajstić information content (AvgIpc) is 3.46. The van der Waals surface area contributed by atoms with Gasteiger partial charge in [-0.3, -0.25) is 4.79 Å². The summed E-state index contributed by atoms with van der Waals surface area (Å²) < 4.78 is 5.54. The molecule has 2 aliphatic rings. The number of thiocarbonyl (C=S) groups is 1. The van der Waals surface area contributed by atoms with Crippen molar-refractivity contribution >= 4 is 52.1 Å². The van der Waals surface area contributed by atoms with Crippen LogP contribution in [0.25, 0.3) is 0 Å². The van der Waals surface area contributed by atoms with Crippen LogP contribution in [0, 0.1) is 17.8 Å². The van der Waals surface area contributed by atoms with Crippen molar-refractivity contribution in [3.05, 3.63) is 58.6 Å². The lowest BCUT2D eigenvalue weighted by atomic mass is 10.0. The topological polar surface area (TPSA) is 62.4 Å². The van der Waals surface area contributed by atoms with Crippen molar-refractivity contribution in [3.8, 4) is 5.75 Å². The Hall–Kier alpha value is -2.02. The molecular weight excluding hydrogens is 441 g/mol. The molecule has 1 amide bonds. The fraction of sp³-hybridized carbons (Fsp3) is 0.364. The Morgan fingerprint density at radius 2 is 1.67 bits per heavy atom. The molecule has 5 nitrogen and oxygen atoms in total. The van der Waals surface area contributed by atoms with Gasteiger partial charge in [0.15, 0.2) is 11.7 Å². The Morgan fingerprint density at radius 3 is 2.37 bits per heavy atom. The molecule has 0 saturated heterocycles. The maximum absolute atomic E-state index is 12.3. The highest BCUT2D eigenvalue weighted by atomic mass is 35.5. The minimum Gasteiger partial charge on any atom is -0.484 e. The summed E-state index contributed by atoms with van der Waals surface area (Å²) in [7, 11) is 0. The number of amides is 1. The van der Waals surface area contributed by atoms with E-state index in [-0.39, 0.29) is 18.6 Å². The normalized spacial score (nSPS) is 23.9. The van der Waals surface area contributed by atoms with E-state index in [2.05, 4.69) is 16.0 Å². The molecule has 0 aliphatic heterocycles. The van der Waals surface area contributed by atoms with E-state index >= 15 is 0 Å². The van der Waals surface area contributed by atoms with E-state index in [1.807, 2.05) is 24.3 Å². The molecule has 0 aromatic heterocycles. The number of hydrogen-bond acceptors (Lipinski definition) is 3. The summed E-state index contributed by atoms with van der Waals surface area (Å²) in [6.45, 7) is 0.807. The molecule has 2 aliphatic carbocycles. The van der Waals surface area contributed by atoms with Gasteiger partial charge in [0, 0.05) is 28.3 Å². The SMILES string of the molecule is O=C(COc1ccc(Cl)cc1)NC1CC(CNC(=S)Nc2ccc(Cl)cc2)C2CC12. The molecule has 4 rings (SSSR count). The number of hydrogen-bond donors (Lipinski definition) is 3. The van der Waals surface area contributed by atoms with E-state index in [1.54, 1.807) is 24.3 Å². The average molecular weight is 464 g/mol. The Kier molecular flexibility index (Phi) is 6.66. The molecule has 8 heteroatoms. The van der Waals surface area contributed by atoms with Crippen LogP contribution in [-0.2, 0) is 4.79 Å². The van der Waals surface area contributed by atoms with Gasteiger partial charge in [-0.15, -0.1) is 0 Å². The summed E-state index contributed by atoms with van der Waals surface area (Å²) in [4.78, 5) is 12.3. The first-order valence-corrected chi connectivity index (χ1v) is 11.1. The van der Waals surface area contributed by atoms with Gasteiger partial charge < -0.3 is 20.7 Å². The Bertz CT molecular complexity index is 908. The highest BCUT2D eigenvalue weighted by molar-refractivity contribution is 7.80. The number of carbonyl (C=O) groups excluding carboxylic acids is 1. The minimum absolute atomic E-state index is 0.00747. The summed E-state index contributed by atoms with van der Waals surface area (Å²) >= 11 is 17.2.